The molecule has 8 nitrogen and oxygen atoms in total. The van der Waals surface area contributed by atoms with Crippen molar-refractivity contribution >= 4 is 11.9 Å². The van der Waals surface area contributed by atoms with Crippen molar-refractivity contribution < 1.29 is 19.1 Å². The summed E-state index contributed by atoms with van der Waals surface area (Å²) in [6.45, 7) is 2.71. The van der Waals surface area contributed by atoms with Crippen LogP contribution in [0.1, 0.15) is 36.4 Å². The summed E-state index contributed by atoms with van der Waals surface area (Å²) in [5, 5.41) is 8.79. The van der Waals surface area contributed by atoms with Gasteiger partial charge in [0.05, 0.1) is 11.4 Å². The third-order valence-electron chi connectivity index (χ3n) is 3.51. The Morgan fingerprint density at radius 1 is 0.864 bits per heavy atom. The van der Waals surface area contributed by atoms with Crippen LogP contribution in [0.25, 0.3) is 0 Å². The van der Waals surface area contributed by atoms with Crippen LogP contribution >= 0.6 is 0 Å². The number of nitrogens with zero attached hydrogens (tertiary/aromatic N) is 4. The number of ether oxygens (including phenoxy) is 2. The molecule has 22 heavy (non-hydrogen) atoms. The normalized spacial score (nSPS) is 12.5. The maximum absolute atomic E-state index is 11.2. The van der Waals surface area contributed by atoms with Crippen LogP contribution in [0.15, 0.2) is 0 Å². The Hall–Kier alpha value is -2.64. The van der Waals surface area contributed by atoms with Gasteiger partial charge in [-0.1, -0.05) is 0 Å². The van der Waals surface area contributed by atoms with Crippen LogP contribution in [0.4, 0.5) is 0 Å². The van der Waals surface area contributed by atoms with Gasteiger partial charge in [-0.25, -0.2) is 9.36 Å². The van der Waals surface area contributed by atoms with E-state index in [2.05, 4.69) is 10.2 Å². The van der Waals surface area contributed by atoms with Crippen LogP contribution in [0.2, 0.25) is 0 Å². The van der Waals surface area contributed by atoms with E-state index in [9.17, 15) is 9.59 Å². The van der Waals surface area contributed by atoms with E-state index in [0.717, 1.165) is 22.5 Å². The minimum atomic E-state index is -0.391. The SMILES string of the molecule is CC(=O)Oc1c2c(nn1C)Cc1c(nn(C)c1OC(C)=O)C2. The second-order valence-electron chi connectivity index (χ2n) is 5.25. The second-order valence-corrected chi connectivity index (χ2v) is 5.25. The summed E-state index contributed by atoms with van der Waals surface area (Å²) in [5.74, 6) is 0.0946. The molecule has 2 aromatic rings. The zero-order valence-corrected chi connectivity index (χ0v) is 12.8. The molecule has 1 aliphatic carbocycles. The fourth-order valence-electron chi connectivity index (χ4n) is 2.71. The third kappa shape index (κ3) is 2.26. The van der Waals surface area contributed by atoms with Crippen LogP contribution in [-0.2, 0) is 36.5 Å². The van der Waals surface area contributed by atoms with E-state index in [-0.39, 0.29) is 0 Å². The zero-order valence-electron chi connectivity index (χ0n) is 12.8. The Balaban J connectivity index is 2.02. The van der Waals surface area contributed by atoms with Gasteiger partial charge >= 0.3 is 11.9 Å². The van der Waals surface area contributed by atoms with E-state index < -0.39 is 11.9 Å². The van der Waals surface area contributed by atoms with E-state index in [1.165, 1.54) is 13.8 Å². The minimum absolute atomic E-state index is 0.391. The number of hydrogen-bond donors (Lipinski definition) is 0. The van der Waals surface area contributed by atoms with E-state index in [4.69, 9.17) is 9.47 Å². The molecule has 0 fully saturated rings. The van der Waals surface area contributed by atoms with E-state index in [1.807, 2.05) is 0 Å². The first-order valence-corrected chi connectivity index (χ1v) is 6.83. The topological polar surface area (TPSA) is 88.2 Å². The molecule has 0 aromatic carbocycles. The quantitative estimate of drug-likeness (QED) is 0.641. The molecule has 0 atom stereocenters. The number of carbonyl (C=O) groups is 2. The van der Waals surface area contributed by atoms with Crippen LogP contribution in [0.3, 0.4) is 0 Å². The van der Waals surface area contributed by atoms with Crippen molar-refractivity contribution in [2.24, 2.45) is 14.1 Å². The van der Waals surface area contributed by atoms with Crippen LogP contribution in [-0.4, -0.2) is 31.5 Å². The first-order valence-electron chi connectivity index (χ1n) is 6.83. The average Bonchev–Trinajstić information content (AvgIpc) is 2.86. The fourth-order valence-corrected chi connectivity index (χ4v) is 2.71. The van der Waals surface area contributed by atoms with Crippen molar-refractivity contribution in [1.82, 2.24) is 19.6 Å². The lowest BCUT2D eigenvalue weighted by Crippen LogP contribution is -2.10. The lowest BCUT2D eigenvalue weighted by atomic mass is 9.95. The first kappa shape index (κ1) is 14.3. The van der Waals surface area contributed by atoms with Gasteiger partial charge in [0.15, 0.2) is 0 Å². The molecule has 116 valence electrons. The van der Waals surface area contributed by atoms with Gasteiger partial charge in [0.2, 0.25) is 11.8 Å². The Kier molecular flexibility index (Phi) is 3.23. The smallest absolute Gasteiger partial charge is 0.309 e. The lowest BCUT2D eigenvalue weighted by molar-refractivity contribution is -0.133. The number of aryl methyl sites for hydroxylation is 2. The molecular formula is C14H16N4O4. The van der Waals surface area contributed by atoms with Crippen molar-refractivity contribution in [3.05, 3.63) is 22.5 Å². The number of carbonyl (C=O) groups excluding carboxylic acids is 2. The van der Waals surface area contributed by atoms with Crippen molar-refractivity contribution in [1.29, 1.82) is 0 Å². The lowest BCUT2D eigenvalue weighted by Gasteiger charge is -2.11. The number of esters is 2. The highest BCUT2D eigenvalue weighted by molar-refractivity contribution is 5.70. The molecule has 0 aliphatic heterocycles. The van der Waals surface area contributed by atoms with Crippen molar-refractivity contribution in [2.45, 2.75) is 26.7 Å². The third-order valence-corrected chi connectivity index (χ3v) is 3.51. The molecule has 1 aliphatic rings. The number of fused-ring (bicyclic) bond motifs is 2. The van der Waals surface area contributed by atoms with Gasteiger partial charge in [-0.05, 0) is 0 Å². The minimum Gasteiger partial charge on any atom is -0.408 e. The maximum Gasteiger partial charge on any atom is 0.309 e. The summed E-state index contributed by atoms with van der Waals surface area (Å²) < 4.78 is 13.6. The van der Waals surface area contributed by atoms with Gasteiger partial charge in [0, 0.05) is 51.9 Å². The summed E-state index contributed by atoms with van der Waals surface area (Å²) in [5.41, 5.74) is 3.29. The Morgan fingerprint density at radius 3 is 1.55 bits per heavy atom. The van der Waals surface area contributed by atoms with Gasteiger partial charge < -0.3 is 9.47 Å². The number of aromatic nitrogens is 4. The van der Waals surface area contributed by atoms with E-state index >= 15 is 0 Å². The van der Waals surface area contributed by atoms with Gasteiger partial charge in [0.1, 0.15) is 0 Å². The Labute approximate surface area is 126 Å². The first-order chi connectivity index (χ1) is 10.4. The molecule has 0 bridgehead atoms. The van der Waals surface area contributed by atoms with Crippen molar-refractivity contribution in [3.63, 3.8) is 0 Å². The number of rotatable bonds is 2. The van der Waals surface area contributed by atoms with Gasteiger partial charge in [-0.2, -0.15) is 10.2 Å². The van der Waals surface area contributed by atoms with Crippen LogP contribution in [0.5, 0.6) is 11.8 Å². The van der Waals surface area contributed by atoms with Crippen molar-refractivity contribution in [3.8, 4) is 11.8 Å². The summed E-state index contributed by atoms with van der Waals surface area (Å²) >= 11 is 0. The maximum atomic E-state index is 11.2. The highest BCUT2D eigenvalue weighted by atomic mass is 16.5. The predicted molar refractivity (Wildman–Crippen MR) is 74.6 cm³/mol. The Bertz CT molecular complexity index is 721. The molecule has 0 saturated heterocycles. The molecule has 0 saturated carbocycles. The van der Waals surface area contributed by atoms with Gasteiger partial charge in [-0.15, -0.1) is 0 Å². The Morgan fingerprint density at radius 2 is 1.23 bits per heavy atom. The molecule has 2 aromatic heterocycles. The van der Waals surface area contributed by atoms with E-state index in [1.54, 1.807) is 23.5 Å². The van der Waals surface area contributed by atoms with E-state index in [0.29, 0.717) is 24.6 Å². The van der Waals surface area contributed by atoms with Crippen molar-refractivity contribution in [2.75, 3.05) is 0 Å². The number of hydrogen-bond acceptors (Lipinski definition) is 6. The standard InChI is InChI=1S/C14H16N4O4/c1-7(19)21-13-9-5-12-10(6-11(9)15-17(13)3)14(18(4)16-12)22-8(2)20/h5-6H2,1-4H3. The summed E-state index contributed by atoms with van der Waals surface area (Å²) in [4.78, 5) is 22.5. The molecular weight excluding hydrogens is 288 g/mol. The monoisotopic (exact) mass is 304 g/mol. The molecule has 8 heteroatoms. The molecule has 0 N–H and O–H groups in total. The molecule has 0 amide bonds. The molecule has 3 rings (SSSR count). The summed E-state index contributed by atoms with van der Waals surface area (Å²) in [7, 11) is 3.45. The average molecular weight is 304 g/mol. The highest BCUT2D eigenvalue weighted by Crippen LogP contribution is 2.36. The molecule has 0 spiro atoms. The zero-order chi connectivity index (χ0) is 16.0. The predicted octanol–water partition coefficient (Wildman–Crippen LogP) is 0.499. The van der Waals surface area contributed by atoms with Gasteiger partial charge in [-0.3, -0.25) is 9.59 Å². The summed E-state index contributed by atoms with van der Waals surface area (Å²) in [6, 6.07) is 0. The van der Waals surface area contributed by atoms with Gasteiger partial charge in [0.25, 0.3) is 0 Å². The molecule has 2 heterocycles. The fraction of sp³-hybridized carbons (Fsp3) is 0.429. The largest absolute Gasteiger partial charge is 0.408 e. The van der Waals surface area contributed by atoms with Crippen LogP contribution < -0.4 is 9.47 Å². The molecule has 0 unspecified atom stereocenters. The second kappa shape index (κ2) is 4.97. The summed E-state index contributed by atoms with van der Waals surface area (Å²) in [6.07, 6.45) is 0.965. The highest BCUT2D eigenvalue weighted by Gasteiger charge is 2.30. The van der Waals surface area contributed by atoms with Crippen LogP contribution in [0, 0.1) is 0 Å². The molecule has 0 radical (unpaired) electrons.